The van der Waals surface area contributed by atoms with Crippen LogP contribution in [0.15, 0.2) is 0 Å². The van der Waals surface area contributed by atoms with Crippen LogP contribution in [0.1, 0.15) is 43.0 Å². The van der Waals surface area contributed by atoms with Crippen molar-refractivity contribution in [2.24, 2.45) is 0 Å². The molecule has 0 aromatic rings. The molecule has 0 bridgehead atoms. The molecular formula is C8H19AlO2. The van der Waals surface area contributed by atoms with Gasteiger partial charge in [-0.05, 0) is 0 Å². The molecule has 0 aliphatic heterocycles. The maximum Gasteiger partial charge on any atom is -1.00 e. The molecule has 0 heterocycles. The van der Waals surface area contributed by atoms with E-state index in [4.69, 9.17) is 7.58 Å². The van der Waals surface area contributed by atoms with Gasteiger partial charge in [-0.2, -0.15) is 0 Å². The molecule has 2 nitrogen and oxygen atoms in total. The van der Waals surface area contributed by atoms with Crippen molar-refractivity contribution in [2.45, 2.75) is 52.7 Å². The Labute approximate surface area is 78.1 Å². The van der Waals surface area contributed by atoms with Crippen LogP contribution < -0.4 is 0 Å². The maximum absolute atomic E-state index is 5.47. The van der Waals surface area contributed by atoms with Crippen LogP contribution >= 0.6 is 0 Å². The van der Waals surface area contributed by atoms with E-state index in [1.165, 1.54) is 0 Å². The van der Waals surface area contributed by atoms with E-state index in [0.717, 1.165) is 0 Å². The van der Waals surface area contributed by atoms with Crippen LogP contribution in [-0.2, 0) is 7.58 Å². The molecule has 66 valence electrons. The summed E-state index contributed by atoms with van der Waals surface area (Å²) in [6.07, 6.45) is 0. The number of rotatable bonds is 2. The first kappa shape index (κ1) is 11.5. The molecule has 0 N–H and O–H groups in total. The molecule has 0 aliphatic carbocycles. The zero-order valence-corrected chi connectivity index (χ0v) is 9.55. The summed E-state index contributed by atoms with van der Waals surface area (Å²) >= 11 is -0.331. The second-order valence-corrected chi connectivity index (χ2v) is 5.22. The standard InChI is InChI=1S/2C4H9O.Al.H/c2*1-4(2,3)5;;/h2*1-3H3;;/q2*-1;+3;-1. The van der Waals surface area contributed by atoms with Crippen molar-refractivity contribution in [1.29, 1.82) is 0 Å². The summed E-state index contributed by atoms with van der Waals surface area (Å²) in [7, 11) is 0. The largest absolute Gasteiger partial charge is 1.00 e. The van der Waals surface area contributed by atoms with E-state index in [0.29, 0.717) is 0 Å². The Morgan fingerprint density at radius 1 is 0.818 bits per heavy atom. The maximum atomic E-state index is 5.47. The summed E-state index contributed by atoms with van der Waals surface area (Å²) in [6, 6.07) is 0. The summed E-state index contributed by atoms with van der Waals surface area (Å²) in [4.78, 5) is 0. The Morgan fingerprint density at radius 2 is 1.09 bits per heavy atom. The quantitative estimate of drug-likeness (QED) is 0.598. The molecule has 0 rings (SSSR count). The van der Waals surface area contributed by atoms with Gasteiger partial charge in [0.25, 0.3) is 0 Å². The van der Waals surface area contributed by atoms with Gasteiger partial charge >= 0.3 is 76.2 Å². The monoisotopic (exact) mass is 174 g/mol. The fourth-order valence-electron chi connectivity index (χ4n) is 0.313. The molecule has 0 aromatic heterocycles. The summed E-state index contributed by atoms with van der Waals surface area (Å²) in [5.74, 6) is 0. The minimum absolute atomic E-state index is 0. The first-order valence-electron chi connectivity index (χ1n) is 3.88. The fraction of sp³-hybridized carbons (Fsp3) is 1.00. The third kappa shape index (κ3) is 10.5. The van der Waals surface area contributed by atoms with Crippen molar-refractivity contribution in [2.75, 3.05) is 0 Å². The SMILES string of the molecule is CC(C)(C)[O][Al+][O]C(C)(C)C.[H-]. The molecule has 0 amide bonds. The molecule has 0 fully saturated rings. The van der Waals surface area contributed by atoms with Gasteiger partial charge in [0.05, 0.1) is 0 Å². The summed E-state index contributed by atoms with van der Waals surface area (Å²) in [6.45, 7) is 12.2. The smallest absolute Gasteiger partial charge is 1.00 e. The van der Waals surface area contributed by atoms with Gasteiger partial charge in [-0.1, -0.05) is 0 Å². The van der Waals surface area contributed by atoms with Crippen LogP contribution in [0.4, 0.5) is 0 Å². The Kier molecular flexibility index (Phi) is 4.07. The van der Waals surface area contributed by atoms with E-state index in [1.54, 1.807) is 0 Å². The molecule has 0 aromatic carbocycles. The Morgan fingerprint density at radius 3 is 1.27 bits per heavy atom. The summed E-state index contributed by atoms with van der Waals surface area (Å²) in [5.41, 5.74) is -0.138. The minimum atomic E-state index is -0.331. The molecule has 0 saturated carbocycles. The molecule has 0 saturated heterocycles. The van der Waals surface area contributed by atoms with Crippen molar-refractivity contribution in [1.82, 2.24) is 0 Å². The Balaban J connectivity index is 0. The number of hydrogen-bond donors (Lipinski definition) is 0. The fourth-order valence-corrected chi connectivity index (χ4v) is 0.938. The van der Waals surface area contributed by atoms with Crippen molar-refractivity contribution in [3.8, 4) is 0 Å². The van der Waals surface area contributed by atoms with Crippen LogP contribution in [0, 0.1) is 0 Å². The van der Waals surface area contributed by atoms with Crippen molar-refractivity contribution < 1.29 is 9.00 Å². The molecular weight excluding hydrogens is 155 g/mol. The second-order valence-electron chi connectivity index (χ2n) is 4.56. The first-order chi connectivity index (χ1) is 4.71. The van der Waals surface area contributed by atoms with E-state index in [2.05, 4.69) is 0 Å². The molecule has 0 aliphatic rings. The van der Waals surface area contributed by atoms with E-state index >= 15 is 0 Å². The van der Waals surface area contributed by atoms with Gasteiger partial charge in [-0.25, -0.2) is 0 Å². The van der Waals surface area contributed by atoms with Crippen LogP contribution in [0.3, 0.4) is 0 Å². The first-order valence-corrected chi connectivity index (χ1v) is 4.82. The van der Waals surface area contributed by atoms with Crippen molar-refractivity contribution >= 4 is 15.9 Å². The van der Waals surface area contributed by atoms with Gasteiger partial charge in [0, 0.05) is 0 Å². The minimum Gasteiger partial charge on any atom is -1.00 e. The van der Waals surface area contributed by atoms with Crippen LogP contribution in [0.25, 0.3) is 0 Å². The topological polar surface area (TPSA) is 18.5 Å². The molecule has 0 spiro atoms. The Hall–Kier alpha value is 0.452. The zero-order valence-electron chi connectivity index (χ0n) is 9.39. The molecule has 0 radical (unpaired) electrons. The van der Waals surface area contributed by atoms with Crippen molar-refractivity contribution in [3.05, 3.63) is 0 Å². The molecule has 11 heavy (non-hydrogen) atoms. The van der Waals surface area contributed by atoms with E-state index in [9.17, 15) is 0 Å². The predicted octanol–water partition coefficient (Wildman–Crippen LogP) is 2.26. The van der Waals surface area contributed by atoms with Gasteiger partial charge in [-0.3, -0.25) is 0 Å². The van der Waals surface area contributed by atoms with Gasteiger partial charge in [-0.15, -0.1) is 0 Å². The van der Waals surface area contributed by atoms with Gasteiger partial charge in [0.2, 0.25) is 0 Å². The van der Waals surface area contributed by atoms with Crippen LogP contribution in [-0.4, -0.2) is 27.1 Å². The van der Waals surface area contributed by atoms with Crippen LogP contribution in [0.5, 0.6) is 0 Å². The Bertz CT molecular complexity index is 101. The molecule has 0 atom stereocenters. The van der Waals surface area contributed by atoms with Crippen molar-refractivity contribution in [3.63, 3.8) is 0 Å². The van der Waals surface area contributed by atoms with Gasteiger partial charge in [0.1, 0.15) is 0 Å². The number of hydrogen-bond acceptors (Lipinski definition) is 2. The predicted molar refractivity (Wildman–Crippen MR) is 48.5 cm³/mol. The van der Waals surface area contributed by atoms with E-state index < -0.39 is 0 Å². The van der Waals surface area contributed by atoms with Gasteiger partial charge < -0.3 is 1.43 Å². The van der Waals surface area contributed by atoms with E-state index in [-0.39, 0.29) is 28.5 Å². The average molecular weight is 174 g/mol. The molecule has 3 heteroatoms. The third-order valence-electron chi connectivity index (χ3n) is 0.803. The normalized spacial score (nSPS) is 12.9. The summed E-state index contributed by atoms with van der Waals surface area (Å²) in [5, 5.41) is 0. The molecule has 0 unspecified atom stereocenters. The summed E-state index contributed by atoms with van der Waals surface area (Å²) < 4.78 is 10.9. The van der Waals surface area contributed by atoms with Crippen LogP contribution in [0.2, 0.25) is 0 Å². The third-order valence-corrected chi connectivity index (χ3v) is 2.41. The zero-order chi connectivity index (χ0) is 9.12. The van der Waals surface area contributed by atoms with E-state index in [1.807, 2.05) is 41.5 Å². The van der Waals surface area contributed by atoms with Gasteiger partial charge in [0.15, 0.2) is 0 Å². The average Bonchev–Trinajstić information content (AvgIpc) is 1.55. The second kappa shape index (κ2) is 3.91.